The quantitative estimate of drug-likeness (QED) is 0.649. The molecular weight excluding hydrogens is 164 g/mol. The van der Waals surface area contributed by atoms with Crippen molar-refractivity contribution in [1.82, 2.24) is 10.2 Å². The van der Waals surface area contributed by atoms with Gasteiger partial charge in [0, 0.05) is 13.1 Å². The highest BCUT2D eigenvalue weighted by Gasteiger charge is 2.28. The fraction of sp³-hybridized carbons (Fsp3) is 0.667. The van der Waals surface area contributed by atoms with Gasteiger partial charge in [-0.15, -0.1) is 0 Å². The average molecular weight is 174 g/mol. The van der Waals surface area contributed by atoms with Crippen LogP contribution in [0.1, 0.15) is 0 Å². The van der Waals surface area contributed by atoms with Gasteiger partial charge in [-0.1, -0.05) is 11.8 Å². The van der Waals surface area contributed by atoms with Crippen LogP contribution >= 0.6 is 11.8 Å². The maximum atomic E-state index is 10.9. The number of hydrogen-bond acceptors (Lipinski definition) is 4. The third-order valence-electron chi connectivity index (χ3n) is 1.43. The number of imide groups is 1. The van der Waals surface area contributed by atoms with Crippen molar-refractivity contribution in [1.29, 1.82) is 0 Å². The van der Waals surface area contributed by atoms with E-state index in [9.17, 15) is 9.59 Å². The molecule has 0 aromatic rings. The third-order valence-corrected chi connectivity index (χ3v) is 2.28. The van der Waals surface area contributed by atoms with E-state index in [0.717, 1.165) is 11.8 Å². The Morgan fingerprint density at radius 1 is 1.64 bits per heavy atom. The van der Waals surface area contributed by atoms with Gasteiger partial charge in [-0.2, -0.15) is 0 Å². The second-order valence-corrected chi connectivity index (χ2v) is 3.13. The molecule has 1 aliphatic heterocycles. The molecule has 11 heavy (non-hydrogen) atoms. The van der Waals surface area contributed by atoms with Crippen molar-refractivity contribution >= 4 is 22.9 Å². The second kappa shape index (κ2) is 3.73. The topological polar surface area (TPSA) is 49.4 Å². The molecule has 1 N–H and O–H groups in total. The summed E-state index contributed by atoms with van der Waals surface area (Å²) in [6, 6.07) is 0. The maximum absolute atomic E-state index is 10.9. The van der Waals surface area contributed by atoms with Crippen molar-refractivity contribution in [2.24, 2.45) is 0 Å². The summed E-state index contributed by atoms with van der Waals surface area (Å²) in [5, 5.41) is 2.76. The fourth-order valence-corrected chi connectivity index (χ4v) is 1.57. The number of likely N-dealkylation sites (N-methyl/N-ethyl adjacent to an activating group) is 1. The zero-order valence-corrected chi connectivity index (χ0v) is 7.11. The molecule has 5 heteroatoms. The van der Waals surface area contributed by atoms with Crippen molar-refractivity contribution in [2.75, 3.05) is 25.9 Å². The highest BCUT2D eigenvalue weighted by Crippen LogP contribution is 2.17. The minimum absolute atomic E-state index is 0.0738. The van der Waals surface area contributed by atoms with Crippen LogP contribution < -0.4 is 5.32 Å². The van der Waals surface area contributed by atoms with Crippen molar-refractivity contribution in [3.05, 3.63) is 0 Å². The first-order valence-electron chi connectivity index (χ1n) is 3.37. The van der Waals surface area contributed by atoms with Gasteiger partial charge in [0.2, 0.25) is 5.91 Å². The standard InChI is InChI=1S/C6H10N2O2S/c1-7-2-3-8-5(9)4-11-6(8)10/h7H,2-4H2,1H3. The number of carbonyl (C=O) groups excluding carboxylic acids is 2. The zero-order chi connectivity index (χ0) is 8.27. The van der Waals surface area contributed by atoms with E-state index >= 15 is 0 Å². The molecule has 4 nitrogen and oxygen atoms in total. The molecule has 2 amide bonds. The normalized spacial score (nSPS) is 18.1. The summed E-state index contributed by atoms with van der Waals surface area (Å²) in [5.74, 6) is 0.234. The van der Waals surface area contributed by atoms with E-state index in [1.54, 1.807) is 7.05 Å². The van der Waals surface area contributed by atoms with Gasteiger partial charge >= 0.3 is 0 Å². The summed E-state index contributed by atoms with van der Waals surface area (Å²) in [6.07, 6.45) is 0. The molecule has 1 saturated heterocycles. The van der Waals surface area contributed by atoms with E-state index in [2.05, 4.69) is 5.32 Å². The van der Waals surface area contributed by atoms with Crippen LogP contribution in [0.5, 0.6) is 0 Å². The van der Waals surface area contributed by atoms with E-state index in [-0.39, 0.29) is 11.1 Å². The Labute approximate surface area is 69.3 Å². The van der Waals surface area contributed by atoms with Crippen molar-refractivity contribution < 1.29 is 9.59 Å². The Morgan fingerprint density at radius 2 is 2.36 bits per heavy atom. The van der Waals surface area contributed by atoms with E-state index in [1.807, 2.05) is 0 Å². The number of rotatable bonds is 3. The molecule has 62 valence electrons. The molecule has 0 unspecified atom stereocenters. The largest absolute Gasteiger partial charge is 0.318 e. The first-order valence-corrected chi connectivity index (χ1v) is 4.36. The lowest BCUT2D eigenvalue weighted by atomic mass is 10.5. The number of amides is 2. The van der Waals surface area contributed by atoms with Gasteiger partial charge in [-0.05, 0) is 7.05 Å². The van der Waals surface area contributed by atoms with Crippen molar-refractivity contribution in [2.45, 2.75) is 0 Å². The summed E-state index contributed by atoms with van der Waals surface area (Å²) in [5.41, 5.74) is 0. The van der Waals surface area contributed by atoms with Gasteiger partial charge in [-0.25, -0.2) is 0 Å². The monoisotopic (exact) mass is 174 g/mol. The first-order chi connectivity index (χ1) is 5.25. The average Bonchev–Trinajstić information content (AvgIpc) is 2.29. The van der Waals surface area contributed by atoms with Crippen LogP contribution in [0, 0.1) is 0 Å². The SMILES string of the molecule is CNCCN1C(=O)CSC1=O. The van der Waals surface area contributed by atoms with Crippen LogP contribution in [0.25, 0.3) is 0 Å². The summed E-state index contributed by atoms with van der Waals surface area (Å²) in [7, 11) is 1.79. The smallest absolute Gasteiger partial charge is 0.288 e. The Balaban J connectivity index is 2.41. The van der Waals surface area contributed by atoms with Crippen LogP contribution in [0.15, 0.2) is 0 Å². The van der Waals surface area contributed by atoms with Gasteiger partial charge in [0.1, 0.15) is 0 Å². The molecule has 0 saturated carbocycles. The van der Waals surface area contributed by atoms with Crippen LogP contribution in [0.3, 0.4) is 0 Å². The van der Waals surface area contributed by atoms with Gasteiger partial charge < -0.3 is 5.32 Å². The highest BCUT2D eigenvalue weighted by molar-refractivity contribution is 8.14. The van der Waals surface area contributed by atoms with Gasteiger partial charge in [0.15, 0.2) is 0 Å². The minimum atomic E-state index is -0.120. The Kier molecular flexibility index (Phi) is 2.90. The van der Waals surface area contributed by atoms with Gasteiger partial charge in [0.25, 0.3) is 5.24 Å². The molecule has 0 aromatic carbocycles. The molecule has 0 aliphatic carbocycles. The van der Waals surface area contributed by atoms with Gasteiger partial charge in [-0.3, -0.25) is 14.5 Å². The number of carbonyl (C=O) groups is 2. The van der Waals surface area contributed by atoms with Gasteiger partial charge in [0.05, 0.1) is 5.75 Å². The van der Waals surface area contributed by atoms with Crippen molar-refractivity contribution in [3.63, 3.8) is 0 Å². The summed E-state index contributed by atoms with van der Waals surface area (Å²) in [4.78, 5) is 23.2. The Hall–Kier alpha value is -0.550. The Bertz CT molecular complexity index is 167. The minimum Gasteiger partial charge on any atom is -0.318 e. The zero-order valence-electron chi connectivity index (χ0n) is 6.29. The first kappa shape index (κ1) is 8.55. The molecule has 0 radical (unpaired) electrons. The van der Waals surface area contributed by atoms with Crippen LogP contribution in [0.2, 0.25) is 0 Å². The van der Waals surface area contributed by atoms with Crippen LogP contribution in [0.4, 0.5) is 4.79 Å². The summed E-state index contributed by atoms with van der Waals surface area (Å²) >= 11 is 1.07. The molecular formula is C6H10N2O2S. The molecule has 0 spiro atoms. The molecule has 1 aliphatic rings. The molecule has 1 heterocycles. The predicted octanol–water partition coefficient (Wildman–Crippen LogP) is -0.0988. The molecule has 1 fully saturated rings. The lowest BCUT2D eigenvalue weighted by molar-refractivity contribution is -0.124. The number of hydrogen-bond donors (Lipinski definition) is 1. The molecule has 1 rings (SSSR count). The Morgan fingerprint density at radius 3 is 2.82 bits per heavy atom. The van der Waals surface area contributed by atoms with E-state index in [1.165, 1.54) is 4.90 Å². The van der Waals surface area contributed by atoms with E-state index in [0.29, 0.717) is 18.8 Å². The summed E-state index contributed by atoms with van der Waals surface area (Å²) < 4.78 is 0. The third kappa shape index (κ3) is 1.94. The lowest BCUT2D eigenvalue weighted by Gasteiger charge is -2.10. The van der Waals surface area contributed by atoms with E-state index < -0.39 is 0 Å². The maximum Gasteiger partial charge on any atom is 0.288 e. The lowest BCUT2D eigenvalue weighted by Crippen LogP contribution is -2.34. The highest BCUT2D eigenvalue weighted by atomic mass is 32.2. The number of nitrogens with one attached hydrogen (secondary N) is 1. The second-order valence-electron chi connectivity index (χ2n) is 2.20. The molecule has 0 bridgehead atoms. The predicted molar refractivity (Wildman–Crippen MR) is 43.5 cm³/mol. The fourth-order valence-electron chi connectivity index (χ4n) is 0.821. The van der Waals surface area contributed by atoms with E-state index in [4.69, 9.17) is 0 Å². The number of nitrogens with zero attached hydrogens (tertiary/aromatic N) is 1. The van der Waals surface area contributed by atoms with Crippen LogP contribution in [-0.4, -0.2) is 41.9 Å². The number of thioether (sulfide) groups is 1. The molecule has 0 atom stereocenters. The van der Waals surface area contributed by atoms with Crippen molar-refractivity contribution in [3.8, 4) is 0 Å². The summed E-state index contributed by atoms with van der Waals surface area (Å²) in [6.45, 7) is 1.15. The molecule has 0 aromatic heterocycles. The van der Waals surface area contributed by atoms with Crippen LogP contribution in [-0.2, 0) is 4.79 Å².